The predicted octanol–water partition coefficient (Wildman–Crippen LogP) is 3.05. The number of nitrogens with zero attached hydrogens (tertiary/aromatic N) is 3. The molecule has 4 nitrogen and oxygen atoms in total. The van der Waals surface area contributed by atoms with Crippen LogP contribution in [0.1, 0.15) is 17.2 Å². The minimum atomic E-state index is 0.0512. The van der Waals surface area contributed by atoms with Crippen molar-refractivity contribution in [2.24, 2.45) is 0 Å². The van der Waals surface area contributed by atoms with Gasteiger partial charge in [-0.3, -0.25) is 0 Å². The van der Waals surface area contributed by atoms with Gasteiger partial charge in [0.1, 0.15) is 5.82 Å². The molecule has 2 unspecified atom stereocenters. The van der Waals surface area contributed by atoms with Crippen molar-refractivity contribution in [3.8, 4) is 0 Å². The van der Waals surface area contributed by atoms with Gasteiger partial charge in [0.2, 0.25) is 0 Å². The Hall–Kier alpha value is -2.07. The van der Waals surface area contributed by atoms with Gasteiger partial charge < -0.3 is 5.32 Å². The number of aromatic nitrogens is 3. The average Bonchev–Trinajstić information content (AvgIpc) is 3.04. The van der Waals surface area contributed by atoms with Crippen LogP contribution < -0.4 is 5.32 Å². The zero-order valence-corrected chi connectivity index (χ0v) is 11.5. The Morgan fingerprint density at radius 2 is 2.10 bits per heavy atom. The fourth-order valence-corrected chi connectivity index (χ4v) is 3.13. The average molecular weight is 285 g/mol. The fraction of sp³-hybridized carbons (Fsp3) is 0.200. The Morgan fingerprint density at radius 1 is 1.20 bits per heavy atom. The van der Waals surface area contributed by atoms with Gasteiger partial charge in [-0.15, -0.1) is 11.6 Å². The van der Waals surface area contributed by atoms with Crippen LogP contribution in [0.5, 0.6) is 0 Å². The molecule has 2 aromatic heterocycles. The lowest BCUT2D eigenvalue weighted by Crippen LogP contribution is -2.17. The molecule has 0 spiro atoms. The van der Waals surface area contributed by atoms with Crippen LogP contribution in [-0.4, -0.2) is 20.0 Å². The molecule has 0 saturated carbocycles. The summed E-state index contributed by atoms with van der Waals surface area (Å²) in [6.45, 7) is 0. The van der Waals surface area contributed by atoms with Crippen molar-refractivity contribution in [1.29, 1.82) is 0 Å². The summed E-state index contributed by atoms with van der Waals surface area (Å²) in [5.41, 5.74) is 3.41. The number of benzene rings is 1. The number of alkyl halides is 1. The van der Waals surface area contributed by atoms with Gasteiger partial charge in [-0.1, -0.05) is 24.3 Å². The van der Waals surface area contributed by atoms with Crippen molar-refractivity contribution >= 4 is 23.1 Å². The Morgan fingerprint density at radius 3 is 3.05 bits per heavy atom. The SMILES string of the molecule is ClC1Cc2ccccc2C1Nc1ccn2nccc2n1. The van der Waals surface area contributed by atoms with Crippen LogP contribution >= 0.6 is 11.6 Å². The van der Waals surface area contributed by atoms with Crippen LogP contribution in [0.15, 0.2) is 48.8 Å². The second-order valence-corrected chi connectivity index (χ2v) is 5.55. The maximum Gasteiger partial charge on any atom is 0.157 e. The summed E-state index contributed by atoms with van der Waals surface area (Å²) in [4.78, 5) is 4.54. The van der Waals surface area contributed by atoms with E-state index in [9.17, 15) is 0 Å². The molecule has 0 aliphatic heterocycles. The van der Waals surface area contributed by atoms with Gasteiger partial charge in [0, 0.05) is 12.3 Å². The maximum absolute atomic E-state index is 6.48. The maximum atomic E-state index is 6.48. The van der Waals surface area contributed by atoms with Gasteiger partial charge in [-0.2, -0.15) is 5.10 Å². The third-order valence-corrected chi connectivity index (χ3v) is 4.13. The molecule has 4 rings (SSSR count). The molecule has 5 heteroatoms. The monoisotopic (exact) mass is 284 g/mol. The van der Waals surface area contributed by atoms with E-state index >= 15 is 0 Å². The van der Waals surface area contributed by atoms with E-state index in [1.807, 2.05) is 18.3 Å². The molecule has 2 atom stereocenters. The number of hydrogen-bond donors (Lipinski definition) is 1. The molecular weight excluding hydrogens is 272 g/mol. The van der Waals surface area contributed by atoms with Gasteiger partial charge in [0.15, 0.2) is 5.65 Å². The van der Waals surface area contributed by atoms with E-state index in [1.165, 1.54) is 11.1 Å². The minimum absolute atomic E-state index is 0.0512. The fourth-order valence-electron chi connectivity index (χ4n) is 2.77. The molecule has 20 heavy (non-hydrogen) atoms. The molecule has 100 valence electrons. The van der Waals surface area contributed by atoms with Crippen LogP contribution in [0.3, 0.4) is 0 Å². The first-order valence-corrected chi connectivity index (χ1v) is 7.04. The lowest BCUT2D eigenvalue weighted by atomic mass is 10.1. The quantitative estimate of drug-likeness (QED) is 0.736. The van der Waals surface area contributed by atoms with Crippen molar-refractivity contribution in [3.05, 3.63) is 59.9 Å². The summed E-state index contributed by atoms with van der Waals surface area (Å²) in [6.07, 6.45) is 4.53. The van der Waals surface area contributed by atoms with Crippen LogP contribution in [0.25, 0.3) is 5.65 Å². The van der Waals surface area contributed by atoms with E-state index in [0.29, 0.717) is 0 Å². The molecule has 3 aromatic rings. The Kier molecular flexibility index (Phi) is 2.63. The number of fused-ring (bicyclic) bond motifs is 2. The second kappa shape index (κ2) is 4.49. The zero-order chi connectivity index (χ0) is 13.5. The molecule has 1 aromatic carbocycles. The Bertz CT molecular complexity index is 767. The van der Waals surface area contributed by atoms with Crippen molar-refractivity contribution in [2.75, 3.05) is 5.32 Å². The number of rotatable bonds is 2. The molecule has 1 N–H and O–H groups in total. The van der Waals surface area contributed by atoms with Gasteiger partial charge in [-0.05, 0) is 23.6 Å². The summed E-state index contributed by atoms with van der Waals surface area (Å²) in [6, 6.07) is 12.3. The molecule has 0 radical (unpaired) electrons. The van der Waals surface area contributed by atoms with Crippen molar-refractivity contribution < 1.29 is 0 Å². The van der Waals surface area contributed by atoms with E-state index in [-0.39, 0.29) is 11.4 Å². The number of nitrogens with one attached hydrogen (secondary N) is 1. The lowest BCUT2D eigenvalue weighted by Gasteiger charge is -2.18. The van der Waals surface area contributed by atoms with Gasteiger partial charge in [0.05, 0.1) is 17.6 Å². The first kappa shape index (κ1) is 11.7. The standard InChI is InChI=1S/C15H13ClN4/c16-12-9-10-3-1-2-4-11(10)15(12)19-13-6-8-20-14(18-13)5-7-17-20/h1-8,12,15H,9H2,(H,18,19). The summed E-state index contributed by atoms with van der Waals surface area (Å²) < 4.78 is 1.74. The largest absolute Gasteiger partial charge is 0.362 e. The van der Waals surface area contributed by atoms with E-state index in [4.69, 9.17) is 11.6 Å². The Balaban J connectivity index is 1.68. The third-order valence-electron chi connectivity index (χ3n) is 3.73. The number of hydrogen-bond acceptors (Lipinski definition) is 3. The second-order valence-electron chi connectivity index (χ2n) is 4.99. The predicted molar refractivity (Wildman–Crippen MR) is 79.1 cm³/mol. The number of halogens is 1. The molecule has 0 saturated heterocycles. The van der Waals surface area contributed by atoms with Gasteiger partial charge in [0.25, 0.3) is 0 Å². The first-order chi connectivity index (χ1) is 9.81. The van der Waals surface area contributed by atoms with Crippen LogP contribution in [0.4, 0.5) is 5.82 Å². The highest BCUT2D eigenvalue weighted by atomic mass is 35.5. The van der Waals surface area contributed by atoms with Crippen molar-refractivity contribution in [3.63, 3.8) is 0 Å². The zero-order valence-electron chi connectivity index (χ0n) is 10.7. The molecule has 0 bridgehead atoms. The Labute approximate surface area is 121 Å². The third kappa shape index (κ3) is 1.84. The summed E-state index contributed by atoms with van der Waals surface area (Å²) in [5, 5.41) is 7.64. The van der Waals surface area contributed by atoms with E-state index in [1.54, 1.807) is 10.7 Å². The van der Waals surface area contributed by atoms with E-state index in [0.717, 1.165) is 17.9 Å². The van der Waals surface area contributed by atoms with Crippen LogP contribution in [0, 0.1) is 0 Å². The molecule has 1 aliphatic rings. The normalized spacial score (nSPS) is 21.1. The smallest absolute Gasteiger partial charge is 0.157 e. The van der Waals surface area contributed by atoms with Gasteiger partial charge in [-0.25, -0.2) is 9.50 Å². The minimum Gasteiger partial charge on any atom is -0.362 e. The van der Waals surface area contributed by atoms with Gasteiger partial charge >= 0.3 is 0 Å². The molecule has 0 amide bonds. The first-order valence-electron chi connectivity index (χ1n) is 6.60. The van der Waals surface area contributed by atoms with Crippen molar-refractivity contribution in [1.82, 2.24) is 14.6 Å². The molecule has 2 heterocycles. The molecular formula is C15H13ClN4. The highest BCUT2D eigenvalue weighted by Gasteiger charge is 2.30. The molecule has 0 fully saturated rings. The van der Waals surface area contributed by atoms with E-state index in [2.05, 4.69) is 39.7 Å². The van der Waals surface area contributed by atoms with Crippen LogP contribution in [-0.2, 0) is 6.42 Å². The van der Waals surface area contributed by atoms with Crippen molar-refractivity contribution in [2.45, 2.75) is 17.8 Å². The topological polar surface area (TPSA) is 42.2 Å². The summed E-state index contributed by atoms with van der Waals surface area (Å²) >= 11 is 6.48. The summed E-state index contributed by atoms with van der Waals surface area (Å²) in [7, 11) is 0. The molecule has 1 aliphatic carbocycles. The van der Waals surface area contributed by atoms with E-state index < -0.39 is 0 Å². The summed E-state index contributed by atoms with van der Waals surface area (Å²) in [5.74, 6) is 0.824. The lowest BCUT2D eigenvalue weighted by molar-refractivity contribution is 0.766. The number of anilines is 1. The van der Waals surface area contributed by atoms with Crippen LogP contribution in [0.2, 0.25) is 0 Å². The highest BCUT2D eigenvalue weighted by molar-refractivity contribution is 6.21. The highest BCUT2D eigenvalue weighted by Crippen LogP contribution is 2.36.